The molecule has 0 fully saturated rings. The summed E-state index contributed by atoms with van der Waals surface area (Å²) in [5.41, 5.74) is 2.26. The van der Waals surface area contributed by atoms with Crippen molar-refractivity contribution in [2.75, 3.05) is 23.8 Å². The predicted molar refractivity (Wildman–Crippen MR) is 101 cm³/mol. The summed E-state index contributed by atoms with van der Waals surface area (Å²) >= 11 is 0. The van der Waals surface area contributed by atoms with Crippen LogP contribution in [0.4, 0.5) is 20.5 Å². The molecule has 3 rings (SSSR count). The Kier molecular flexibility index (Phi) is 6.27. The van der Waals surface area contributed by atoms with Gasteiger partial charge >= 0.3 is 0 Å². The Morgan fingerprint density at radius 1 is 0.889 bits per heavy atom. The Hall–Kier alpha value is -3.06. The molecular formula is C20H20F2N4O. The third-order valence-corrected chi connectivity index (χ3v) is 3.87. The van der Waals surface area contributed by atoms with Crippen molar-refractivity contribution in [3.8, 4) is 11.3 Å². The fraction of sp³-hybridized carbons (Fsp3) is 0.200. The van der Waals surface area contributed by atoms with Crippen LogP contribution >= 0.6 is 0 Å². The molecule has 27 heavy (non-hydrogen) atoms. The topological polar surface area (TPSA) is 70.1 Å². The van der Waals surface area contributed by atoms with Crippen LogP contribution < -0.4 is 10.6 Å². The van der Waals surface area contributed by atoms with Crippen LogP contribution in [0.1, 0.15) is 12.0 Å². The average Bonchev–Trinajstić information content (AvgIpc) is 2.70. The SMILES string of the molecule is OCCCNc1nc(NCc2ccc(F)c(F)c2)cc(-c2ccccc2)n1. The molecule has 140 valence electrons. The molecule has 0 unspecified atom stereocenters. The van der Waals surface area contributed by atoms with E-state index in [2.05, 4.69) is 20.6 Å². The molecule has 1 heterocycles. The fourth-order valence-electron chi connectivity index (χ4n) is 2.50. The number of hydrogen-bond acceptors (Lipinski definition) is 5. The molecule has 3 N–H and O–H groups in total. The van der Waals surface area contributed by atoms with E-state index < -0.39 is 11.6 Å². The van der Waals surface area contributed by atoms with Gasteiger partial charge in [0, 0.05) is 31.3 Å². The lowest BCUT2D eigenvalue weighted by Gasteiger charge is -2.11. The van der Waals surface area contributed by atoms with Crippen LogP contribution in [0.3, 0.4) is 0 Å². The molecule has 3 aromatic rings. The van der Waals surface area contributed by atoms with Crippen LogP contribution in [0.5, 0.6) is 0 Å². The highest BCUT2D eigenvalue weighted by molar-refractivity contribution is 5.64. The van der Waals surface area contributed by atoms with Crippen molar-refractivity contribution < 1.29 is 13.9 Å². The smallest absolute Gasteiger partial charge is 0.225 e. The molecule has 0 bridgehead atoms. The Morgan fingerprint density at radius 3 is 2.44 bits per heavy atom. The van der Waals surface area contributed by atoms with Crippen LogP contribution in [-0.4, -0.2) is 28.2 Å². The van der Waals surface area contributed by atoms with E-state index in [4.69, 9.17) is 5.11 Å². The summed E-state index contributed by atoms with van der Waals surface area (Å²) in [6, 6.07) is 15.2. The number of nitrogens with one attached hydrogen (secondary N) is 2. The fourth-order valence-corrected chi connectivity index (χ4v) is 2.50. The number of anilines is 2. The summed E-state index contributed by atoms with van der Waals surface area (Å²) in [4.78, 5) is 8.91. The van der Waals surface area contributed by atoms with Crippen LogP contribution in [0, 0.1) is 11.6 Å². The maximum Gasteiger partial charge on any atom is 0.225 e. The normalized spacial score (nSPS) is 10.6. The van der Waals surface area contributed by atoms with Crippen molar-refractivity contribution in [2.24, 2.45) is 0 Å². The van der Waals surface area contributed by atoms with E-state index in [1.54, 1.807) is 6.07 Å². The summed E-state index contributed by atoms with van der Waals surface area (Å²) in [7, 11) is 0. The van der Waals surface area contributed by atoms with Crippen molar-refractivity contribution in [3.05, 3.63) is 71.8 Å². The molecule has 0 saturated heterocycles. The Labute approximate surface area is 156 Å². The van der Waals surface area contributed by atoms with Gasteiger partial charge in [-0.05, 0) is 24.1 Å². The van der Waals surface area contributed by atoms with Gasteiger partial charge in [-0.1, -0.05) is 36.4 Å². The number of nitrogens with zero attached hydrogens (tertiary/aromatic N) is 2. The number of halogens is 2. The highest BCUT2D eigenvalue weighted by Gasteiger charge is 2.08. The van der Waals surface area contributed by atoms with Gasteiger partial charge in [-0.3, -0.25) is 0 Å². The zero-order valence-corrected chi connectivity index (χ0v) is 14.6. The standard InChI is InChI=1S/C20H20F2N4O/c21-16-8-7-14(11-17(16)22)13-24-19-12-18(15-5-2-1-3-6-15)25-20(26-19)23-9-4-10-27/h1-3,5-8,11-12,27H,4,9-10,13H2,(H2,23,24,25,26). The van der Waals surface area contributed by atoms with Crippen LogP contribution in [-0.2, 0) is 6.54 Å². The molecule has 0 aliphatic heterocycles. The largest absolute Gasteiger partial charge is 0.396 e. The average molecular weight is 370 g/mol. The van der Waals surface area contributed by atoms with Gasteiger partial charge in [-0.2, -0.15) is 4.98 Å². The van der Waals surface area contributed by atoms with Gasteiger partial charge in [0.2, 0.25) is 5.95 Å². The van der Waals surface area contributed by atoms with Gasteiger partial charge < -0.3 is 15.7 Å². The van der Waals surface area contributed by atoms with E-state index >= 15 is 0 Å². The van der Waals surface area contributed by atoms with E-state index in [9.17, 15) is 8.78 Å². The first-order chi connectivity index (χ1) is 13.2. The molecule has 0 amide bonds. The lowest BCUT2D eigenvalue weighted by atomic mass is 10.1. The van der Waals surface area contributed by atoms with Gasteiger partial charge in [-0.15, -0.1) is 0 Å². The molecule has 0 aliphatic carbocycles. The lowest BCUT2D eigenvalue weighted by Crippen LogP contribution is -2.10. The number of benzene rings is 2. The Morgan fingerprint density at radius 2 is 1.70 bits per heavy atom. The van der Waals surface area contributed by atoms with Gasteiger partial charge in [0.05, 0.1) is 5.69 Å². The molecule has 0 atom stereocenters. The third kappa shape index (κ3) is 5.21. The summed E-state index contributed by atoms with van der Waals surface area (Å²) in [5, 5.41) is 15.1. The minimum Gasteiger partial charge on any atom is -0.396 e. The zero-order valence-electron chi connectivity index (χ0n) is 14.6. The maximum atomic E-state index is 13.4. The molecular weight excluding hydrogens is 350 g/mol. The number of hydrogen-bond donors (Lipinski definition) is 3. The first-order valence-corrected chi connectivity index (χ1v) is 8.63. The molecule has 2 aromatic carbocycles. The molecule has 7 heteroatoms. The van der Waals surface area contributed by atoms with Crippen LogP contribution in [0.15, 0.2) is 54.6 Å². The number of aromatic nitrogens is 2. The Balaban J connectivity index is 1.81. The second-order valence-corrected chi connectivity index (χ2v) is 5.93. The van der Waals surface area contributed by atoms with Crippen LogP contribution in [0.2, 0.25) is 0 Å². The van der Waals surface area contributed by atoms with E-state index in [1.807, 2.05) is 30.3 Å². The van der Waals surface area contributed by atoms with Crippen molar-refractivity contribution in [3.63, 3.8) is 0 Å². The summed E-state index contributed by atoms with van der Waals surface area (Å²) in [6.45, 7) is 0.905. The molecule has 0 radical (unpaired) electrons. The van der Waals surface area contributed by atoms with E-state index in [0.29, 0.717) is 36.8 Å². The summed E-state index contributed by atoms with van der Waals surface area (Å²) in [5.74, 6) is -0.770. The quantitative estimate of drug-likeness (QED) is 0.526. The van der Waals surface area contributed by atoms with Crippen molar-refractivity contribution in [1.29, 1.82) is 0 Å². The van der Waals surface area contributed by atoms with E-state index in [0.717, 1.165) is 23.4 Å². The van der Waals surface area contributed by atoms with E-state index in [1.165, 1.54) is 6.07 Å². The molecule has 0 aliphatic rings. The molecule has 0 saturated carbocycles. The Bertz CT molecular complexity index is 890. The van der Waals surface area contributed by atoms with Gasteiger partial charge in [0.1, 0.15) is 5.82 Å². The zero-order chi connectivity index (χ0) is 19.1. The second-order valence-electron chi connectivity index (χ2n) is 5.93. The van der Waals surface area contributed by atoms with Crippen molar-refractivity contribution in [2.45, 2.75) is 13.0 Å². The maximum absolute atomic E-state index is 13.4. The summed E-state index contributed by atoms with van der Waals surface area (Å²) in [6.07, 6.45) is 0.580. The second kappa shape index (κ2) is 9.05. The summed E-state index contributed by atoms with van der Waals surface area (Å²) < 4.78 is 26.4. The monoisotopic (exact) mass is 370 g/mol. The molecule has 0 spiro atoms. The first kappa shape index (κ1) is 18.7. The van der Waals surface area contributed by atoms with Crippen LogP contribution in [0.25, 0.3) is 11.3 Å². The van der Waals surface area contributed by atoms with Gasteiger partial charge in [0.15, 0.2) is 11.6 Å². The number of aliphatic hydroxyl groups is 1. The minimum atomic E-state index is -0.881. The highest BCUT2D eigenvalue weighted by Crippen LogP contribution is 2.22. The highest BCUT2D eigenvalue weighted by atomic mass is 19.2. The predicted octanol–water partition coefficient (Wildman–Crippen LogP) is 3.83. The van der Waals surface area contributed by atoms with Crippen molar-refractivity contribution >= 4 is 11.8 Å². The molecule has 1 aromatic heterocycles. The minimum absolute atomic E-state index is 0.0760. The van der Waals surface area contributed by atoms with E-state index in [-0.39, 0.29) is 6.61 Å². The van der Waals surface area contributed by atoms with Gasteiger partial charge in [-0.25, -0.2) is 13.8 Å². The number of aliphatic hydroxyl groups excluding tert-OH is 1. The van der Waals surface area contributed by atoms with Crippen molar-refractivity contribution in [1.82, 2.24) is 9.97 Å². The van der Waals surface area contributed by atoms with Gasteiger partial charge in [0.25, 0.3) is 0 Å². The first-order valence-electron chi connectivity index (χ1n) is 8.63. The molecule has 5 nitrogen and oxygen atoms in total. The number of rotatable bonds is 8. The third-order valence-electron chi connectivity index (χ3n) is 3.87. The lowest BCUT2D eigenvalue weighted by molar-refractivity contribution is 0.292.